The minimum atomic E-state index is 0.219. The van der Waals surface area contributed by atoms with Crippen molar-refractivity contribution in [1.82, 2.24) is 5.32 Å². The van der Waals surface area contributed by atoms with Crippen molar-refractivity contribution in [2.75, 3.05) is 13.2 Å². The van der Waals surface area contributed by atoms with E-state index in [0.717, 1.165) is 18.8 Å². The molecule has 1 aromatic rings. The van der Waals surface area contributed by atoms with E-state index < -0.39 is 0 Å². The van der Waals surface area contributed by atoms with Crippen molar-refractivity contribution in [3.63, 3.8) is 0 Å². The highest BCUT2D eigenvalue weighted by atomic mass is 16.5. The lowest BCUT2D eigenvalue weighted by atomic mass is 9.97. The number of ether oxygens (including phenoxy) is 1. The molecule has 2 unspecified atom stereocenters. The Labute approximate surface area is 122 Å². The fourth-order valence-electron chi connectivity index (χ4n) is 2.98. The van der Waals surface area contributed by atoms with Gasteiger partial charge in [0, 0.05) is 13.2 Å². The maximum absolute atomic E-state index is 9.31. The zero-order valence-electron chi connectivity index (χ0n) is 12.6. The first-order valence-corrected chi connectivity index (χ1v) is 7.76. The van der Waals surface area contributed by atoms with Crippen LogP contribution in [0, 0.1) is 11.8 Å². The van der Waals surface area contributed by atoms with E-state index in [2.05, 4.69) is 17.4 Å². The monoisotopic (exact) mass is 277 g/mol. The van der Waals surface area contributed by atoms with Crippen LogP contribution < -0.4 is 10.1 Å². The maximum atomic E-state index is 9.31. The van der Waals surface area contributed by atoms with Crippen molar-refractivity contribution in [1.29, 1.82) is 0 Å². The van der Waals surface area contributed by atoms with Gasteiger partial charge in [0.15, 0.2) is 0 Å². The molecule has 2 atom stereocenters. The molecular formula is C17H27NO2. The molecule has 1 aromatic carbocycles. The topological polar surface area (TPSA) is 41.5 Å². The van der Waals surface area contributed by atoms with Gasteiger partial charge in [-0.2, -0.15) is 0 Å². The van der Waals surface area contributed by atoms with Gasteiger partial charge in [0.2, 0.25) is 0 Å². The van der Waals surface area contributed by atoms with Gasteiger partial charge in [-0.05, 0) is 62.8 Å². The summed E-state index contributed by atoms with van der Waals surface area (Å²) < 4.78 is 5.64. The van der Waals surface area contributed by atoms with E-state index in [-0.39, 0.29) is 6.10 Å². The van der Waals surface area contributed by atoms with Gasteiger partial charge in [-0.1, -0.05) is 18.6 Å². The van der Waals surface area contributed by atoms with Gasteiger partial charge < -0.3 is 15.2 Å². The highest BCUT2D eigenvalue weighted by Crippen LogP contribution is 2.30. The Morgan fingerprint density at radius 1 is 1.20 bits per heavy atom. The summed E-state index contributed by atoms with van der Waals surface area (Å²) in [4.78, 5) is 0. The molecule has 2 N–H and O–H groups in total. The predicted molar refractivity (Wildman–Crippen MR) is 81.8 cm³/mol. The first-order valence-electron chi connectivity index (χ1n) is 7.76. The summed E-state index contributed by atoms with van der Waals surface area (Å²) in [6.07, 6.45) is 3.92. The first-order chi connectivity index (χ1) is 9.69. The Morgan fingerprint density at radius 2 is 1.90 bits per heavy atom. The van der Waals surface area contributed by atoms with Crippen LogP contribution in [0.15, 0.2) is 24.3 Å². The number of rotatable bonds is 7. The maximum Gasteiger partial charge on any atom is 0.119 e. The second-order valence-electron chi connectivity index (χ2n) is 6.08. The third kappa shape index (κ3) is 4.50. The molecule has 3 heteroatoms. The number of hydrogen-bond donors (Lipinski definition) is 2. The molecule has 0 saturated heterocycles. The van der Waals surface area contributed by atoms with Crippen molar-refractivity contribution < 1.29 is 9.84 Å². The van der Waals surface area contributed by atoms with Gasteiger partial charge in [0.1, 0.15) is 5.75 Å². The average Bonchev–Trinajstić information content (AvgIpc) is 2.87. The molecular weight excluding hydrogens is 250 g/mol. The SMILES string of the molecule is CC(C)Oc1ccc(CNCC2CCCC2CO)cc1. The summed E-state index contributed by atoms with van der Waals surface area (Å²) in [6, 6.07) is 8.29. The van der Waals surface area contributed by atoms with Crippen molar-refractivity contribution in [2.45, 2.75) is 45.8 Å². The van der Waals surface area contributed by atoms with Gasteiger partial charge in [-0.25, -0.2) is 0 Å². The van der Waals surface area contributed by atoms with Gasteiger partial charge in [0.05, 0.1) is 6.10 Å². The van der Waals surface area contributed by atoms with Crippen LogP contribution in [0.1, 0.15) is 38.7 Å². The van der Waals surface area contributed by atoms with E-state index >= 15 is 0 Å². The van der Waals surface area contributed by atoms with E-state index in [1.54, 1.807) is 0 Å². The Balaban J connectivity index is 1.74. The Bertz CT molecular complexity index is 388. The van der Waals surface area contributed by atoms with Crippen LogP contribution in [0.3, 0.4) is 0 Å². The smallest absolute Gasteiger partial charge is 0.119 e. The van der Waals surface area contributed by atoms with Crippen LogP contribution in [0.5, 0.6) is 5.75 Å². The van der Waals surface area contributed by atoms with Crippen LogP contribution in [0.4, 0.5) is 0 Å². The summed E-state index contributed by atoms with van der Waals surface area (Å²) >= 11 is 0. The molecule has 0 spiro atoms. The summed E-state index contributed by atoms with van der Waals surface area (Å²) in [5, 5.41) is 12.8. The molecule has 1 aliphatic carbocycles. The summed E-state index contributed by atoms with van der Waals surface area (Å²) in [5.41, 5.74) is 1.28. The molecule has 1 saturated carbocycles. The molecule has 0 amide bonds. The first kappa shape index (κ1) is 15.3. The Morgan fingerprint density at radius 3 is 2.55 bits per heavy atom. The minimum Gasteiger partial charge on any atom is -0.491 e. The quantitative estimate of drug-likeness (QED) is 0.805. The molecule has 0 aromatic heterocycles. The second-order valence-corrected chi connectivity index (χ2v) is 6.08. The molecule has 0 aliphatic heterocycles. The van der Waals surface area contributed by atoms with Crippen LogP contribution in [-0.4, -0.2) is 24.4 Å². The molecule has 3 nitrogen and oxygen atoms in total. The second kappa shape index (κ2) is 7.65. The highest BCUT2D eigenvalue weighted by molar-refractivity contribution is 5.27. The molecule has 112 valence electrons. The zero-order valence-corrected chi connectivity index (χ0v) is 12.6. The lowest BCUT2D eigenvalue weighted by Crippen LogP contribution is -2.26. The lowest BCUT2D eigenvalue weighted by molar-refractivity contribution is 0.192. The fourth-order valence-corrected chi connectivity index (χ4v) is 2.98. The number of aliphatic hydroxyl groups is 1. The Kier molecular flexibility index (Phi) is 5.86. The minimum absolute atomic E-state index is 0.219. The predicted octanol–water partition coefficient (Wildman–Crippen LogP) is 2.97. The van der Waals surface area contributed by atoms with Crippen LogP contribution >= 0.6 is 0 Å². The van der Waals surface area contributed by atoms with Gasteiger partial charge in [-0.3, -0.25) is 0 Å². The van der Waals surface area contributed by atoms with E-state index in [1.165, 1.54) is 24.8 Å². The van der Waals surface area contributed by atoms with Crippen molar-refractivity contribution >= 4 is 0 Å². The third-order valence-electron chi connectivity index (χ3n) is 4.08. The van der Waals surface area contributed by atoms with Crippen molar-refractivity contribution in [2.24, 2.45) is 11.8 Å². The number of benzene rings is 1. The largest absolute Gasteiger partial charge is 0.491 e. The van der Waals surface area contributed by atoms with Gasteiger partial charge in [0.25, 0.3) is 0 Å². The molecule has 20 heavy (non-hydrogen) atoms. The molecule has 0 bridgehead atoms. The van der Waals surface area contributed by atoms with Crippen molar-refractivity contribution in [3.8, 4) is 5.75 Å². The zero-order chi connectivity index (χ0) is 14.4. The molecule has 2 rings (SSSR count). The molecule has 0 heterocycles. The average molecular weight is 277 g/mol. The third-order valence-corrected chi connectivity index (χ3v) is 4.08. The molecule has 1 fully saturated rings. The fraction of sp³-hybridized carbons (Fsp3) is 0.647. The normalized spacial score (nSPS) is 22.4. The van der Waals surface area contributed by atoms with Crippen LogP contribution in [-0.2, 0) is 6.54 Å². The molecule has 1 aliphatic rings. The van der Waals surface area contributed by atoms with Gasteiger partial charge in [-0.15, -0.1) is 0 Å². The lowest BCUT2D eigenvalue weighted by Gasteiger charge is -2.18. The summed E-state index contributed by atoms with van der Waals surface area (Å²) in [7, 11) is 0. The van der Waals surface area contributed by atoms with Crippen molar-refractivity contribution in [3.05, 3.63) is 29.8 Å². The number of nitrogens with one attached hydrogen (secondary N) is 1. The summed E-state index contributed by atoms with van der Waals surface area (Å²) in [5.74, 6) is 2.08. The Hall–Kier alpha value is -1.06. The molecule has 0 radical (unpaired) electrons. The van der Waals surface area contributed by atoms with E-state index in [0.29, 0.717) is 18.4 Å². The van der Waals surface area contributed by atoms with E-state index in [4.69, 9.17) is 4.74 Å². The van der Waals surface area contributed by atoms with E-state index in [9.17, 15) is 5.11 Å². The van der Waals surface area contributed by atoms with E-state index in [1.807, 2.05) is 26.0 Å². The van der Waals surface area contributed by atoms with Crippen LogP contribution in [0.25, 0.3) is 0 Å². The van der Waals surface area contributed by atoms with Crippen LogP contribution in [0.2, 0.25) is 0 Å². The highest BCUT2D eigenvalue weighted by Gasteiger charge is 2.25. The van der Waals surface area contributed by atoms with Gasteiger partial charge >= 0.3 is 0 Å². The number of aliphatic hydroxyl groups excluding tert-OH is 1. The standard InChI is InChI=1S/C17H27NO2/c1-13(2)20-17-8-6-14(7-9-17)10-18-11-15-4-3-5-16(15)12-19/h6-9,13,15-16,18-19H,3-5,10-12H2,1-2H3. The number of hydrogen-bond acceptors (Lipinski definition) is 3. The summed E-state index contributed by atoms with van der Waals surface area (Å²) in [6.45, 7) is 6.31.